The van der Waals surface area contributed by atoms with Crippen molar-refractivity contribution in [3.05, 3.63) is 12.4 Å². The number of hydrogen-bond donors (Lipinski definition) is 0. The smallest absolute Gasteiger partial charge is 0.228 e. The van der Waals surface area contributed by atoms with Gasteiger partial charge in [-0.2, -0.15) is 0 Å². The van der Waals surface area contributed by atoms with Gasteiger partial charge in [0, 0.05) is 24.7 Å². The lowest BCUT2D eigenvalue weighted by Crippen LogP contribution is -2.38. The summed E-state index contributed by atoms with van der Waals surface area (Å²) in [6.07, 6.45) is 4.50. The Balaban J connectivity index is 2.01. The minimum absolute atomic E-state index is 0.218. The summed E-state index contributed by atoms with van der Waals surface area (Å²) in [6.45, 7) is 7.44. The Labute approximate surface area is 95.4 Å². The molecule has 0 radical (unpaired) electrons. The van der Waals surface area contributed by atoms with E-state index in [2.05, 4.69) is 10.3 Å². The topological polar surface area (TPSA) is 51.0 Å². The predicted molar refractivity (Wildman–Crippen MR) is 59.7 cm³/mol. The fourth-order valence-corrected chi connectivity index (χ4v) is 2.03. The van der Waals surface area contributed by atoms with Crippen molar-refractivity contribution in [3.8, 4) is 0 Å². The third-order valence-electron chi connectivity index (χ3n) is 2.91. The van der Waals surface area contributed by atoms with Crippen LogP contribution in [0, 0.1) is 5.41 Å². The van der Waals surface area contributed by atoms with Gasteiger partial charge < -0.3 is 4.90 Å². The molecule has 1 aromatic rings. The van der Waals surface area contributed by atoms with Crippen molar-refractivity contribution in [1.29, 1.82) is 0 Å². The lowest BCUT2D eigenvalue weighted by molar-refractivity contribution is -0.138. The van der Waals surface area contributed by atoms with Crippen LogP contribution < -0.4 is 0 Å². The highest BCUT2D eigenvalue weighted by molar-refractivity contribution is 5.81. The van der Waals surface area contributed by atoms with Gasteiger partial charge in [-0.15, -0.1) is 5.10 Å². The summed E-state index contributed by atoms with van der Waals surface area (Å²) >= 11 is 0. The molecule has 2 rings (SSSR count). The summed E-state index contributed by atoms with van der Waals surface area (Å²) in [5, 5.41) is 7.78. The van der Waals surface area contributed by atoms with Crippen LogP contribution in [0.5, 0.6) is 0 Å². The molecule has 0 aromatic carbocycles. The molecule has 2 heterocycles. The monoisotopic (exact) mass is 222 g/mol. The standard InChI is InChI=1S/C11H18N4O/c1-11(2,3)10(16)14-6-4-9(8-14)15-7-5-12-13-15/h5,7,9H,4,6,8H2,1-3H3/t9-/m1/s1. The van der Waals surface area contributed by atoms with Gasteiger partial charge in [0.25, 0.3) is 0 Å². The highest BCUT2D eigenvalue weighted by Gasteiger charge is 2.33. The number of rotatable bonds is 1. The van der Waals surface area contributed by atoms with Crippen LogP contribution in [0.25, 0.3) is 0 Å². The molecule has 1 aliphatic heterocycles. The number of carbonyl (C=O) groups is 1. The minimum Gasteiger partial charge on any atom is -0.340 e. The van der Waals surface area contributed by atoms with Crippen molar-refractivity contribution < 1.29 is 4.79 Å². The van der Waals surface area contributed by atoms with Crippen LogP contribution in [0.4, 0.5) is 0 Å². The van der Waals surface area contributed by atoms with E-state index in [1.54, 1.807) is 6.20 Å². The van der Waals surface area contributed by atoms with E-state index >= 15 is 0 Å². The van der Waals surface area contributed by atoms with Crippen molar-refractivity contribution in [2.75, 3.05) is 13.1 Å². The van der Waals surface area contributed by atoms with Crippen molar-refractivity contribution in [2.24, 2.45) is 5.41 Å². The summed E-state index contributed by atoms with van der Waals surface area (Å²) < 4.78 is 1.84. The molecule has 1 saturated heterocycles. The Hall–Kier alpha value is -1.39. The van der Waals surface area contributed by atoms with Gasteiger partial charge in [-0.05, 0) is 6.42 Å². The first-order valence-corrected chi connectivity index (χ1v) is 5.63. The van der Waals surface area contributed by atoms with E-state index in [9.17, 15) is 4.79 Å². The van der Waals surface area contributed by atoms with Crippen LogP contribution in [0.15, 0.2) is 12.4 Å². The number of amides is 1. The summed E-state index contributed by atoms with van der Waals surface area (Å²) in [4.78, 5) is 14.0. The second-order valence-electron chi connectivity index (χ2n) is 5.33. The summed E-state index contributed by atoms with van der Waals surface area (Å²) in [6, 6.07) is 0.286. The first-order chi connectivity index (χ1) is 7.48. The van der Waals surface area contributed by atoms with Crippen LogP contribution >= 0.6 is 0 Å². The quantitative estimate of drug-likeness (QED) is 0.715. The van der Waals surface area contributed by atoms with Crippen molar-refractivity contribution in [1.82, 2.24) is 19.9 Å². The van der Waals surface area contributed by atoms with Crippen LogP contribution in [-0.4, -0.2) is 38.9 Å². The zero-order chi connectivity index (χ0) is 11.8. The van der Waals surface area contributed by atoms with Gasteiger partial charge >= 0.3 is 0 Å². The lowest BCUT2D eigenvalue weighted by atomic mass is 9.95. The molecule has 0 bridgehead atoms. The number of carbonyl (C=O) groups excluding carboxylic acids is 1. The molecule has 5 heteroatoms. The van der Waals surface area contributed by atoms with Crippen molar-refractivity contribution in [3.63, 3.8) is 0 Å². The Morgan fingerprint density at radius 3 is 2.75 bits per heavy atom. The summed E-state index contributed by atoms with van der Waals surface area (Å²) in [5.41, 5.74) is -0.294. The lowest BCUT2D eigenvalue weighted by Gasteiger charge is -2.25. The first-order valence-electron chi connectivity index (χ1n) is 5.63. The molecular weight excluding hydrogens is 204 g/mol. The first kappa shape index (κ1) is 11.1. The molecular formula is C11H18N4O. The molecule has 0 saturated carbocycles. The second-order valence-corrected chi connectivity index (χ2v) is 5.33. The number of hydrogen-bond acceptors (Lipinski definition) is 3. The number of aromatic nitrogens is 3. The normalized spacial score (nSPS) is 21.4. The van der Waals surface area contributed by atoms with Gasteiger partial charge in [-0.25, -0.2) is 4.68 Å². The van der Waals surface area contributed by atoms with Crippen LogP contribution in [0.1, 0.15) is 33.2 Å². The molecule has 1 atom stereocenters. The molecule has 1 aromatic heterocycles. The Kier molecular flexibility index (Phi) is 2.69. The van der Waals surface area contributed by atoms with E-state index in [4.69, 9.17) is 0 Å². The molecule has 0 unspecified atom stereocenters. The van der Waals surface area contributed by atoms with E-state index in [0.717, 1.165) is 19.5 Å². The molecule has 5 nitrogen and oxygen atoms in total. The molecule has 1 aliphatic rings. The van der Waals surface area contributed by atoms with Gasteiger partial charge in [-0.3, -0.25) is 4.79 Å². The van der Waals surface area contributed by atoms with Gasteiger partial charge in [0.1, 0.15) is 0 Å². The van der Waals surface area contributed by atoms with Gasteiger partial charge in [0.05, 0.1) is 12.2 Å². The SMILES string of the molecule is CC(C)(C)C(=O)N1CC[C@@H](n2ccnn2)C1. The maximum atomic E-state index is 12.1. The van der Waals surface area contributed by atoms with Crippen LogP contribution in [0.3, 0.4) is 0 Å². The Morgan fingerprint density at radius 1 is 1.44 bits per heavy atom. The summed E-state index contributed by atoms with van der Waals surface area (Å²) in [7, 11) is 0. The number of likely N-dealkylation sites (tertiary alicyclic amines) is 1. The fraction of sp³-hybridized carbons (Fsp3) is 0.727. The van der Waals surface area contributed by atoms with Crippen molar-refractivity contribution in [2.45, 2.75) is 33.2 Å². The van der Waals surface area contributed by atoms with E-state index in [-0.39, 0.29) is 17.4 Å². The zero-order valence-electron chi connectivity index (χ0n) is 10.1. The maximum absolute atomic E-state index is 12.1. The highest BCUT2D eigenvalue weighted by atomic mass is 16.2. The van der Waals surface area contributed by atoms with Gasteiger partial charge in [0.15, 0.2) is 0 Å². The predicted octanol–water partition coefficient (Wildman–Crippen LogP) is 1.10. The molecule has 1 amide bonds. The maximum Gasteiger partial charge on any atom is 0.228 e. The zero-order valence-corrected chi connectivity index (χ0v) is 10.1. The van der Waals surface area contributed by atoms with E-state index in [0.29, 0.717) is 0 Å². The van der Waals surface area contributed by atoms with E-state index in [1.165, 1.54) is 0 Å². The van der Waals surface area contributed by atoms with Crippen LogP contribution in [-0.2, 0) is 4.79 Å². The van der Waals surface area contributed by atoms with E-state index < -0.39 is 0 Å². The minimum atomic E-state index is -0.294. The fourth-order valence-electron chi connectivity index (χ4n) is 2.03. The highest BCUT2D eigenvalue weighted by Crippen LogP contribution is 2.25. The molecule has 1 fully saturated rings. The molecule has 16 heavy (non-hydrogen) atoms. The Bertz CT molecular complexity index is 366. The molecule has 88 valence electrons. The summed E-state index contributed by atoms with van der Waals surface area (Å²) in [5.74, 6) is 0.218. The number of nitrogens with zero attached hydrogens (tertiary/aromatic N) is 4. The van der Waals surface area contributed by atoms with Gasteiger partial charge in [-0.1, -0.05) is 26.0 Å². The third kappa shape index (κ3) is 2.08. The molecule has 0 spiro atoms. The molecule has 0 N–H and O–H groups in total. The molecule has 0 aliphatic carbocycles. The van der Waals surface area contributed by atoms with E-state index in [1.807, 2.05) is 36.5 Å². The van der Waals surface area contributed by atoms with Crippen molar-refractivity contribution >= 4 is 5.91 Å². The largest absolute Gasteiger partial charge is 0.340 e. The average molecular weight is 222 g/mol. The van der Waals surface area contributed by atoms with Gasteiger partial charge in [0.2, 0.25) is 5.91 Å². The Morgan fingerprint density at radius 2 is 2.19 bits per heavy atom. The second kappa shape index (κ2) is 3.88. The average Bonchev–Trinajstić information content (AvgIpc) is 2.85. The third-order valence-corrected chi connectivity index (χ3v) is 2.91. The van der Waals surface area contributed by atoms with Crippen LogP contribution in [0.2, 0.25) is 0 Å².